The standard InChI is InChI=1S/C23H24N6O5/c1-3-34-12-6-11-25-23(30)19-20-22(27-16-8-5-4-7-15(16)26-20)28(21(19)24)17-13-14(29(31)32)9-10-18(17)33-2/h4-5,7-10,13H,3,6,11-12,24H2,1-2H3,(H,25,30). The molecule has 0 aliphatic heterocycles. The van der Waals surface area contributed by atoms with Crippen LogP contribution in [0.1, 0.15) is 23.7 Å². The molecule has 0 bridgehead atoms. The number of hydrogen-bond donors (Lipinski definition) is 2. The van der Waals surface area contributed by atoms with Gasteiger partial charge in [0.2, 0.25) is 0 Å². The summed E-state index contributed by atoms with van der Waals surface area (Å²) in [5.74, 6) is -0.0500. The normalized spacial score (nSPS) is 11.1. The van der Waals surface area contributed by atoms with E-state index in [-0.39, 0.29) is 33.9 Å². The second-order valence-corrected chi connectivity index (χ2v) is 7.40. The molecule has 0 fully saturated rings. The number of carbonyl (C=O) groups excluding carboxylic acids is 1. The monoisotopic (exact) mass is 464 g/mol. The van der Waals surface area contributed by atoms with Crippen molar-refractivity contribution in [2.75, 3.05) is 32.6 Å². The van der Waals surface area contributed by atoms with Gasteiger partial charge >= 0.3 is 0 Å². The third-order valence-corrected chi connectivity index (χ3v) is 5.29. The molecule has 0 radical (unpaired) electrons. The topological polar surface area (TPSA) is 147 Å². The van der Waals surface area contributed by atoms with Crippen LogP contribution < -0.4 is 15.8 Å². The molecule has 4 aromatic rings. The van der Waals surface area contributed by atoms with Crippen LogP contribution >= 0.6 is 0 Å². The van der Waals surface area contributed by atoms with Crippen LogP contribution in [0.3, 0.4) is 0 Å². The second-order valence-electron chi connectivity index (χ2n) is 7.40. The number of ether oxygens (including phenoxy) is 2. The van der Waals surface area contributed by atoms with E-state index in [0.717, 1.165) is 0 Å². The number of nitrogens with two attached hydrogens (primary N) is 1. The molecule has 0 aliphatic carbocycles. The highest BCUT2D eigenvalue weighted by atomic mass is 16.6. The van der Waals surface area contributed by atoms with Gasteiger partial charge in [-0.3, -0.25) is 19.5 Å². The highest BCUT2D eigenvalue weighted by Crippen LogP contribution is 2.36. The van der Waals surface area contributed by atoms with E-state index in [1.165, 1.54) is 29.9 Å². The maximum atomic E-state index is 13.2. The molecule has 0 spiro atoms. The summed E-state index contributed by atoms with van der Waals surface area (Å²) in [4.78, 5) is 33.4. The number of para-hydroxylation sites is 2. The van der Waals surface area contributed by atoms with Crippen LogP contribution in [0.25, 0.3) is 27.9 Å². The van der Waals surface area contributed by atoms with Gasteiger partial charge in [-0.1, -0.05) is 12.1 Å². The van der Waals surface area contributed by atoms with Gasteiger partial charge in [0.05, 0.1) is 28.8 Å². The fourth-order valence-corrected chi connectivity index (χ4v) is 3.70. The fraction of sp³-hybridized carbons (Fsp3) is 0.261. The number of aromatic nitrogens is 3. The number of anilines is 1. The molecular formula is C23H24N6O5. The molecule has 0 aliphatic rings. The van der Waals surface area contributed by atoms with E-state index in [4.69, 9.17) is 15.2 Å². The van der Waals surface area contributed by atoms with Crippen molar-refractivity contribution in [1.82, 2.24) is 19.9 Å². The summed E-state index contributed by atoms with van der Waals surface area (Å²) in [7, 11) is 1.44. The Bertz CT molecular complexity index is 1380. The molecule has 1 amide bonds. The molecule has 0 saturated carbocycles. The van der Waals surface area contributed by atoms with Crippen molar-refractivity contribution < 1.29 is 19.2 Å². The first-order valence-electron chi connectivity index (χ1n) is 10.7. The van der Waals surface area contributed by atoms with Crippen molar-refractivity contribution in [2.45, 2.75) is 13.3 Å². The molecule has 2 aromatic carbocycles. The quantitative estimate of drug-likeness (QED) is 0.218. The van der Waals surface area contributed by atoms with Crippen molar-refractivity contribution in [2.24, 2.45) is 0 Å². The van der Waals surface area contributed by atoms with Gasteiger partial charge in [0, 0.05) is 31.9 Å². The summed E-state index contributed by atoms with van der Waals surface area (Å²) in [6, 6.07) is 11.3. The van der Waals surface area contributed by atoms with Crippen LogP contribution in [0.5, 0.6) is 5.75 Å². The fourth-order valence-electron chi connectivity index (χ4n) is 3.70. The minimum absolute atomic E-state index is 0.0476. The summed E-state index contributed by atoms with van der Waals surface area (Å²) >= 11 is 0. The Labute approximate surface area is 194 Å². The summed E-state index contributed by atoms with van der Waals surface area (Å²) in [5, 5.41) is 14.3. The molecule has 4 rings (SSSR count). The number of nitro groups is 1. The van der Waals surface area contributed by atoms with Gasteiger partial charge < -0.3 is 20.5 Å². The lowest BCUT2D eigenvalue weighted by Crippen LogP contribution is -2.26. The lowest BCUT2D eigenvalue weighted by molar-refractivity contribution is -0.384. The van der Waals surface area contributed by atoms with Crippen LogP contribution in [-0.2, 0) is 4.74 Å². The van der Waals surface area contributed by atoms with Crippen molar-refractivity contribution in [3.05, 3.63) is 58.1 Å². The number of nitrogen functional groups attached to an aromatic ring is 1. The zero-order valence-corrected chi connectivity index (χ0v) is 18.8. The number of nitrogens with one attached hydrogen (secondary N) is 1. The number of fused-ring (bicyclic) bond motifs is 2. The van der Waals surface area contributed by atoms with Gasteiger partial charge in [0.1, 0.15) is 22.6 Å². The first-order chi connectivity index (χ1) is 16.5. The molecule has 0 atom stereocenters. The van der Waals surface area contributed by atoms with Crippen LogP contribution in [0.4, 0.5) is 11.5 Å². The third-order valence-electron chi connectivity index (χ3n) is 5.29. The van der Waals surface area contributed by atoms with Crippen molar-refractivity contribution in [3.63, 3.8) is 0 Å². The summed E-state index contributed by atoms with van der Waals surface area (Å²) in [6.07, 6.45) is 0.630. The maximum Gasteiger partial charge on any atom is 0.271 e. The third kappa shape index (κ3) is 4.20. The van der Waals surface area contributed by atoms with Gasteiger partial charge in [-0.25, -0.2) is 9.97 Å². The number of rotatable bonds is 9. The average molecular weight is 464 g/mol. The molecule has 176 valence electrons. The SMILES string of the molecule is CCOCCCNC(=O)c1c(N)n(-c2cc([N+](=O)[O-])ccc2OC)c2nc3ccccc3nc12. The number of hydrogen-bond acceptors (Lipinski definition) is 8. The molecule has 11 nitrogen and oxygen atoms in total. The van der Waals surface area contributed by atoms with Crippen LogP contribution in [0.2, 0.25) is 0 Å². The zero-order valence-electron chi connectivity index (χ0n) is 18.8. The number of non-ortho nitro benzene ring substituents is 1. The number of methoxy groups -OCH3 is 1. The lowest BCUT2D eigenvalue weighted by atomic mass is 10.2. The minimum atomic E-state index is -0.516. The van der Waals surface area contributed by atoms with Gasteiger partial charge in [0.25, 0.3) is 11.6 Å². The van der Waals surface area contributed by atoms with Gasteiger partial charge in [-0.05, 0) is 31.5 Å². The molecule has 11 heteroatoms. The Morgan fingerprint density at radius 1 is 1.21 bits per heavy atom. The van der Waals surface area contributed by atoms with Crippen LogP contribution in [0, 0.1) is 10.1 Å². The van der Waals surface area contributed by atoms with E-state index < -0.39 is 10.8 Å². The number of nitrogens with zero attached hydrogens (tertiary/aromatic N) is 4. The number of nitro benzene ring substituents is 1. The molecule has 0 unspecified atom stereocenters. The summed E-state index contributed by atoms with van der Waals surface area (Å²) < 4.78 is 12.2. The Hall–Kier alpha value is -4.25. The summed E-state index contributed by atoms with van der Waals surface area (Å²) in [6.45, 7) is 3.40. The Morgan fingerprint density at radius 3 is 2.62 bits per heavy atom. The largest absolute Gasteiger partial charge is 0.495 e. The molecule has 0 saturated heterocycles. The Morgan fingerprint density at radius 2 is 1.94 bits per heavy atom. The maximum absolute atomic E-state index is 13.2. The van der Waals surface area contributed by atoms with Crippen molar-refractivity contribution >= 4 is 39.6 Å². The van der Waals surface area contributed by atoms with E-state index >= 15 is 0 Å². The smallest absolute Gasteiger partial charge is 0.271 e. The number of benzene rings is 2. The highest BCUT2D eigenvalue weighted by Gasteiger charge is 2.27. The predicted molar refractivity (Wildman–Crippen MR) is 127 cm³/mol. The van der Waals surface area contributed by atoms with Crippen LogP contribution in [0.15, 0.2) is 42.5 Å². The van der Waals surface area contributed by atoms with E-state index in [9.17, 15) is 14.9 Å². The number of carbonyl (C=O) groups is 1. The van der Waals surface area contributed by atoms with E-state index in [0.29, 0.717) is 43.0 Å². The van der Waals surface area contributed by atoms with E-state index in [2.05, 4.69) is 15.3 Å². The number of amides is 1. The van der Waals surface area contributed by atoms with E-state index in [1.54, 1.807) is 12.1 Å². The molecule has 2 heterocycles. The first-order valence-corrected chi connectivity index (χ1v) is 10.7. The lowest BCUT2D eigenvalue weighted by Gasteiger charge is -2.12. The second kappa shape index (κ2) is 9.71. The first kappa shape index (κ1) is 22.9. The predicted octanol–water partition coefficient (Wildman–Crippen LogP) is 3.23. The molecule has 3 N–H and O–H groups in total. The van der Waals surface area contributed by atoms with Crippen molar-refractivity contribution in [3.8, 4) is 11.4 Å². The van der Waals surface area contributed by atoms with E-state index in [1.807, 2.05) is 19.1 Å². The average Bonchev–Trinajstić information content (AvgIpc) is 3.12. The molecule has 34 heavy (non-hydrogen) atoms. The van der Waals surface area contributed by atoms with Crippen molar-refractivity contribution in [1.29, 1.82) is 0 Å². The molecular weight excluding hydrogens is 440 g/mol. The van der Waals surface area contributed by atoms with Gasteiger partial charge in [-0.2, -0.15) is 0 Å². The van der Waals surface area contributed by atoms with Gasteiger partial charge in [-0.15, -0.1) is 0 Å². The van der Waals surface area contributed by atoms with Crippen LogP contribution in [-0.4, -0.2) is 52.2 Å². The zero-order chi connectivity index (χ0) is 24.2. The van der Waals surface area contributed by atoms with Gasteiger partial charge in [0.15, 0.2) is 5.65 Å². The summed E-state index contributed by atoms with van der Waals surface area (Å²) in [5.41, 5.74) is 8.48. The Balaban J connectivity index is 1.92. The minimum Gasteiger partial charge on any atom is -0.495 e. The molecule has 2 aromatic heterocycles. The Kier molecular flexibility index (Phi) is 6.55. The highest BCUT2D eigenvalue weighted by molar-refractivity contribution is 6.11.